The third kappa shape index (κ3) is 5.16. The Kier molecular flexibility index (Phi) is 6.60. The predicted octanol–water partition coefficient (Wildman–Crippen LogP) is 5.90. The molecule has 2 aromatic heterocycles. The molecule has 8 nitrogen and oxygen atoms in total. The number of nitrogens with zero attached hydrogens (tertiary/aromatic N) is 4. The van der Waals surface area contributed by atoms with E-state index in [-0.39, 0.29) is 16.6 Å². The summed E-state index contributed by atoms with van der Waals surface area (Å²) in [5.41, 5.74) is 8.66. The van der Waals surface area contributed by atoms with E-state index in [4.69, 9.17) is 11.6 Å². The number of benzene rings is 2. The van der Waals surface area contributed by atoms with Crippen molar-refractivity contribution in [3.8, 4) is 6.07 Å². The van der Waals surface area contributed by atoms with Gasteiger partial charge in [0.15, 0.2) is 0 Å². The van der Waals surface area contributed by atoms with Crippen molar-refractivity contribution in [2.75, 3.05) is 10.6 Å². The van der Waals surface area contributed by atoms with Crippen LogP contribution in [0.4, 0.5) is 25.8 Å². The predicted molar refractivity (Wildman–Crippen MR) is 143 cm³/mol. The number of nitrogens with one attached hydrogen (secondary N) is 4. The summed E-state index contributed by atoms with van der Waals surface area (Å²) in [5, 5.41) is 18.6. The van der Waals surface area contributed by atoms with Crippen LogP contribution in [0.5, 0.6) is 0 Å². The summed E-state index contributed by atoms with van der Waals surface area (Å²) in [7, 11) is 0. The van der Waals surface area contributed by atoms with E-state index in [1.165, 1.54) is 42.7 Å². The topological polar surface area (TPSA) is 101 Å². The van der Waals surface area contributed by atoms with E-state index in [0.717, 1.165) is 6.20 Å². The van der Waals surface area contributed by atoms with E-state index in [1.54, 1.807) is 23.3 Å². The summed E-state index contributed by atoms with van der Waals surface area (Å²) >= 11 is 6.63. The number of aromatic nitrogens is 2. The van der Waals surface area contributed by atoms with Crippen LogP contribution in [0.2, 0.25) is 5.02 Å². The summed E-state index contributed by atoms with van der Waals surface area (Å²) < 4.78 is 37.1. The van der Waals surface area contributed by atoms with Crippen LogP contribution >= 0.6 is 11.6 Å². The first-order valence-corrected chi connectivity index (χ1v) is 12.0. The Bertz CT molecular complexity index is 1620. The van der Waals surface area contributed by atoms with Gasteiger partial charge in [-0.05, 0) is 43.7 Å². The van der Waals surface area contributed by atoms with Gasteiger partial charge in [-0.25, -0.2) is 8.78 Å². The van der Waals surface area contributed by atoms with Crippen molar-refractivity contribution in [1.82, 2.24) is 25.9 Å². The number of halogens is 3. The lowest BCUT2D eigenvalue weighted by Crippen LogP contribution is -2.41. The molecule has 0 spiro atoms. The number of anilines is 3. The minimum absolute atomic E-state index is 0.0870. The Balaban J connectivity index is 1.64. The molecular weight excluding hydrogens is 510 g/mol. The monoisotopic (exact) mass is 533 g/mol. The second kappa shape index (κ2) is 10.5. The molecule has 1 atom stereocenters. The third-order valence-electron chi connectivity index (χ3n) is 5.84. The Hall–Kier alpha value is -4.46. The van der Waals surface area contributed by atoms with E-state index in [1.807, 2.05) is 13.8 Å². The number of nitriles is 1. The number of hydrogen-bond acceptors (Lipinski definition) is 8. The maximum atomic E-state index is 13.8. The van der Waals surface area contributed by atoms with E-state index in [0.29, 0.717) is 39.2 Å². The van der Waals surface area contributed by atoms with Gasteiger partial charge in [-0.1, -0.05) is 23.7 Å². The number of hydrazine groups is 2. The molecule has 38 heavy (non-hydrogen) atoms. The molecule has 1 aliphatic rings. The highest BCUT2D eigenvalue weighted by Crippen LogP contribution is 2.37. The molecule has 0 radical (unpaired) electrons. The second-order valence-electron chi connectivity index (χ2n) is 8.82. The number of pyridine rings is 2. The van der Waals surface area contributed by atoms with Crippen molar-refractivity contribution in [2.24, 2.45) is 0 Å². The molecule has 2 aromatic carbocycles. The fourth-order valence-corrected chi connectivity index (χ4v) is 4.23. The van der Waals surface area contributed by atoms with E-state index in [2.05, 4.69) is 37.6 Å². The Morgan fingerprint density at radius 1 is 1.08 bits per heavy atom. The third-order valence-corrected chi connectivity index (χ3v) is 6.12. The lowest BCUT2D eigenvalue weighted by molar-refractivity contribution is 0.221. The highest BCUT2D eigenvalue weighted by molar-refractivity contribution is 6.36. The number of rotatable bonds is 7. The van der Waals surface area contributed by atoms with Crippen molar-refractivity contribution >= 4 is 39.6 Å². The fourth-order valence-electron chi connectivity index (χ4n) is 3.97. The van der Waals surface area contributed by atoms with Crippen LogP contribution in [-0.2, 0) is 0 Å². The number of fused-ring (bicyclic) bond motifs is 1. The van der Waals surface area contributed by atoms with Crippen LogP contribution in [-0.4, -0.2) is 21.0 Å². The van der Waals surface area contributed by atoms with Crippen molar-refractivity contribution < 1.29 is 10.2 Å². The summed E-state index contributed by atoms with van der Waals surface area (Å²) in [6, 6.07) is 10.8. The molecule has 1 aliphatic heterocycles. The van der Waals surface area contributed by atoms with Gasteiger partial charge in [-0.15, -0.1) is 5.53 Å². The van der Waals surface area contributed by atoms with Gasteiger partial charge in [0.05, 0.1) is 53.0 Å². The molecule has 5 rings (SSSR count). The maximum absolute atomic E-state index is 13.8. The molecule has 3 heterocycles. The average Bonchev–Trinajstić information content (AvgIpc) is 3.41. The second-order valence-corrected chi connectivity index (χ2v) is 9.22. The smallest absolute Gasteiger partial charge is 0.143 e. The molecule has 0 bridgehead atoms. The van der Waals surface area contributed by atoms with Crippen molar-refractivity contribution in [3.63, 3.8) is 0 Å². The van der Waals surface area contributed by atoms with E-state index >= 15 is 0 Å². The molecule has 0 fully saturated rings. The van der Waals surface area contributed by atoms with Crippen LogP contribution in [0.15, 0.2) is 73.0 Å². The summed E-state index contributed by atoms with van der Waals surface area (Å²) in [4.78, 5) is 8.20. The first-order chi connectivity index (χ1) is 18.7. The van der Waals surface area contributed by atoms with E-state index in [9.17, 15) is 15.4 Å². The van der Waals surface area contributed by atoms with Crippen LogP contribution in [0, 0.1) is 23.0 Å². The summed E-state index contributed by atoms with van der Waals surface area (Å²) in [6.45, 7) is 3.97. The molecule has 4 aromatic rings. The van der Waals surface area contributed by atoms with Crippen molar-refractivity contribution in [2.45, 2.75) is 25.9 Å². The minimum atomic E-state index is -1.61. The molecule has 0 amide bonds. The zero-order valence-electron chi connectivity index (χ0n) is 21.4. The van der Waals surface area contributed by atoms with Crippen LogP contribution in [0.3, 0.4) is 0 Å². The van der Waals surface area contributed by atoms with Crippen LogP contribution < -0.4 is 21.6 Å². The Labute approximate surface area is 224 Å². The van der Waals surface area contributed by atoms with Gasteiger partial charge in [0, 0.05) is 35.6 Å². The highest BCUT2D eigenvalue weighted by atomic mass is 35.5. The maximum Gasteiger partial charge on any atom is 0.143 e. The van der Waals surface area contributed by atoms with Gasteiger partial charge in [-0.3, -0.25) is 15.0 Å². The molecule has 0 saturated carbocycles. The molecule has 4 N–H and O–H groups in total. The SMILES string of the molecule is [2H][C@](Nc1cc(Cl)c2ncc(C#N)c(Nc3cncc(F)c3)c2c1)(C1=CN(C(C)C)NN1)c1ccc(F)cc1. The molecule has 11 heteroatoms. The van der Waals surface area contributed by atoms with E-state index < -0.39 is 17.7 Å². The molecular formula is C27H23ClF2N8. The van der Waals surface area contributed by atoms with Crippen molar-refractivity contribution in [1.29, 1.82) is 5.26 Å². The quantitative estimate of drug-likeness (QED) is 0.233. The van der Waals surface area contributed by atoms with Gasteiger partial charge in [-0.2, -0.15) is 5.26 Å². The number of hydrogen-bond donors (Lipinski definition) is 4. The minimum Gasteiger partial charge on any atom is -0.373 e. The first-order valence-electron chi connectivity index (χ1n) is 12.1. The molecule has 0 saturated heterocycles. The van der Waals surface area contributed by atoms with Gasteiger partial charge in [0.2, 0.25) is 0 Å². The lowest BCUT2D eigenvalue weighted by Gasteiger charge is -2.22. The standard InChI is InChI=1S/C27H23ClF2N8/c1-15(2)38-14-24(36-37-38)26(16-3-5-18(29)6-4-16)34-20-8-22-25(35-21-7-19(30)12-32-13-21)17(10-31)11-33-27(22)23(28)9-20/h3-9,11-15,26,34,36-37H,1-2H3,(H,33,35)/t26-/m1/s1/i26D. The molecule has 0 unspecified atom stereocenters. The summed E-state index contributed by atoms with van der Waals surface area (Å²) in [5.74, 6) is -0.972. The van der Waals surface area contributed by atoms with Crippen molar-refractivity contribution in [3.05, 3.63) is 101 Å². The Morgan fingerprint density at radius 2 is 1.87 bits per heavy atom. The summed E-state index contributed by atoms with van der Waals surface area (Å²) in [6.07, 6.45) is 5.64. The molecule has 0 aliphatic carbocycles. The van der Waals surface area contributed by atoms with Gasteiger partial charge in [0.25, 0.3) is 0 Å². The lowest BCUT2D eigenvalue weighted by atomic mass is 10.0. The average molecular weight is 534 g/mol. The largest absolute Gasteiger partial charge is 0.373 e. The zero-order valence-corrected chi connectivity index (χ0v) is 21.1. The van der Waals surface area contributed by atoms with Gasteiger partial charge < -0.3 is 16.1 Å². The normalized spacial score (nSPS) is 14.9. The first kappa shape index (κ1) is 23.9. The fraction of sp³-hybridized carbons (Fsp3) is 0.148. The van der Waals surface area contributed by atoms with Gasteiger partial charge >= 0.3 is 0 Å². The van der Waals surface area contributed by atoms with Gasteiger partial charge in [0.1, 0.15) is 17.7 Å². The Morgan fingerprint density at radius 3 is 2.55 bits per heavy atom. The van der Waals surface area contributed by atoms with Crippen LogP contribution in [0.25, 0.3) is 10.9 Å². The van der Waals surface area contributed by atoms with Crippen LogP contribution in [0.1, 0.15) is 32.4 Å². The zero-order chi connectivity index (χ0) is 27.7. The molecule has 192 valence electrons. The highest BCUT2D eigenvalue weighted by Gasteiger charge is 2.24.